The number of carbonyl (C=O) groups is 1. The molecular formula is C23H24FN5O2. The summed E-state index contributed by atoms with van der Waals surface area (Å²) >= 11 is 0. The number of nitrogens with one attached hydrogen (secondary N) is 2. The number of imidazole rings is 1. The van der Waals surface area contributed by atoms with Crippen molar-refractivity contribution in [3.05, 3.63) is 69.3 Å². The van der Waals surface area contributed by atoms with Crippen molar-refractivity contribution in [1.29, 1.82) is 5.26 Å². The van der Waals surface area contributed by atoms with Crippen LogP contribution in [0.2, 0.25) is 0 Å². The number of aromatic nitrogens is 3. The number of ketones is 1. The van der Waals surface area contributed by atoms with Crippen LogP contribution in [0.15, 0.2) is 35.4 Å². The Morgan fingerprint density at radius 1 is 1.35 bits per heavy atom. The van der Waals surface area contributed by atoms with Gasteiger partial charge in [0, 0.05) is 28.8 Å². The predicted molar refractivity (Wildman–Crippen MR) is 113 cm³/mol. The molecule has 0 saturated carbocycles. The van der Waals surface area contributed by atoms with Gasteiger partial charge in [0.1, 0.15) is 18.2 Å². The average Bonchev–Trinajstić information content (AvgIpc) is 3.02. The molecule has 4 rings (SSSR count). The lowest BCUT2D eigenvalue weighted by Gasteiger charge is -2.20. The number of Topliss-reactive ketones (excluding diaryl/α,β-unsaturated/α-hetero) is 1. The Hall–Kier alpha value is -3.31. The Balaban J connectivity index is 1.49. The van der Waals surface area contributed by atoms with Gasteiger partial charge >= 0.3 is 0 Å². The summed E-state index contributed by atoms with van der Waals surface area (Å²) in [7, 11) is 0. The summed E-state index contributed by atoms with van der Waals surface area (Å²) in [6.07, 6.45) is 4.99. The molecule has 2 aromatic heterocycles. The summed E-state index contributed by atoms with van der Waals surface area (Å²) < 4.78 is 14.6. The highest BCUT2D eigenvalue weighted by molar-refractivity contribution is 5.97. The van der Waals surface area contributed by atoms with Crippen molar-refractivity contribution < 1.29 is 9.18 Å². The number of H-pyrrole nitrogens is 1. The normalized spacial score (nSPS) is 19.1. The Morgan fingerprint density at radius 3 is 2.87 bits per heavy atom. The van der Waals surface area contributed by atoms with E-state index < -0.39 is 0 Å². The maximum atomic E-state index is 13.2. The van der Waals surface area contributed by atoms with Gasteiger partial charge in [-0.05, 0) is 69.8 Å². The third-order valence-electron chi connectivity index (χ3n) is 6.08. The molecule has 0 bridgehead atoms. The van der Waals surface area contributed by atoms with Crippen LogP contribution < -0.4 is 10.9 Å². The number of nitrogens with zero attached hydrogens (tertiary/aromatic N) is 3. The molecule has 3 heterocycles. The van der Waals surface area contributed by atoms with Crippen LogP contribution in [-0.4, -0.2) is 32.7 Å². The van der Waals surface area contributed by atoms with Gasteiger partial charge in [0.15, 0.2) is 17.1 Å². The molecule has 1 aliphatic rings. The quantitative estimate of drug-likeness (QED) is 0.617. The monoisotopic (exact) mass is 421 g/mol. The van der Waals surface area contributed by atoms with Crippen LogP contribution in [0.1, 0.15) is 53.0 Å². The SMILES string of the molecule is Cc1[nH]c2c(C#N)ncn2c(=O)c1CCC1CC(C(=O)c2ccc(F)cc2)CCCN1. The molecule has 31 heavy (non-hydrogen) atoms. The largest absolute Gasteiger partial charge is 0.342 e. The lowest BCUT2D eigenvalue weighted by atomic mass is 9.87. The smallest absolute Gasteiger partial charge is 0.262 e. The summed E-state index contributed by atoms with van der Waals surface area (Å²) in [5, 5.41) is 12.6. The summed E-state index contributed by atoms with van der Waals surface area (Å²) in [6.45, 7) is 2.64. The van der Waals surface area contributed by atoms with E-state index in [1.807, 2.05) is 13.0 Å². The number of rotatable bonds is 5. The zero-order valence-electron chi connectivity index (χ0n) is 17.3. The number of benzene rings is 1. The van der Waals surface area contributed by atoms with E-state index >= 15 is 0 Å². The highest BCUT2D eigenvalue weighted by Crippen LogP contribution is 2.24. The fraction of sp³-hybridized carbons (Fsp3) is 0.391. The number of nitriles is 1. The van der Waals surface area contributed by atoms with Crippen molar-refractivity contribution in [3.63, 3.8) is 0 Å². The molecule has 1 aliphatic heterocycles. The molecule has 7 nitrogen and oxygen atoms in total. The zero-order valence-corrected chi connectivity index (χ0v) is 17.3. The fourth-order valence-corrected chi connectivity index (χ4v) is 4.38. The van der Waals surface area contributed by atoms with Gasteiger partial charge in [-0.2, -0.15) is 5.26 Å². The van der Waals surface area contributed by atoms with Gasteiger partial charge in [0.25, 0.3) is 5.56 Å². The predicted octanol–water partition coefficient (Wildman–Crippen LogP) is 2.92. The first-order valence-electron chi connectivity index (χ1n) is 10.5. The van der Waals surface area contributed by atoms with E-state index in [1.165, 1.54) is 22.9 Å². The third kappa shape index (κ3) is 4.28. The van der Waals surface area contributed by atoms with Gasteiger partial charge < -0.3 is 10.3 Å². The molecular weight excluding hydrogens is 397 g/mol. The number of halogens is 1. The highest BCUT2D eigenvalue weighted by Gasteiger charge is 2.26. The molecule has 1 saturated heterocycles. The third-order valence-corrected chi connectivity index (χ3v) is 6.08. The lowest BCUT2D eigenvalue weighted by Crippen LogP contribution is -2.32. The van der Waals surface area contributed by atoms with E-state index in [0.717, 1.165) is 25.1 Å². The minimum atomic E-state index is -0.352. The van der Waals surface area contributed by atoms with Gasteiger partial charge in [-0.3, -0.25) is 9.59 Å². The topological polar surface area (TPSA) is 103 Å². The van der Waals surface area contributed by atoms with Gasteiger partial charge in [-0.15, -0.1) is 0 Å². The van der Waals surface area contributed by atoms with Crippen molar-refractivity contribution >= 4 is 11.4 Å². The van der Waals surface area contributed by atoms with E-state index in [1.54, 1.807) is 12.1 Å². The van der Waals surface area contributed by atoms with Gasteiger partial charge in [0.05, 0.1) is 0 Å². The Bertz CT molecular complexity index is 1210. The van der Waals surface area contributed by atoms with Crippen molar-refractivity contribution in [1.82, 2.24) is 19.7 Å². The lowest BCUT2D eigenvalue weighted by molar-refractivity contribution is 0.0903. The van der Waals surface area contributed by atoms with Gasteiger partial charge in [0.2, 0.25) is 0 Å². The van der Waals surface area contributed by atoms with Gasteiger partial charge in [-0.25, -0.2) is 13.8 Å². The Morgan fingerprint density at radius 2 is 2.13 bits per heavy atom. The second-order valence-corrected chi connectivity index (χ2v) is 8.09. The molecule has 2 atom stereocenters. The van der Waals surface area contributed by atoms with Crippen LogP contribution in [0.4, 0.5) is 4.39 Å². The van der Waals surface area contributed by atoms with E-state index in [2.05, 4.69) is 15.3 Å². The van der Waals surface area contributed by atoms with Crippen molar-refractivity contribution in [2.75, 3.05) is 6.54 Å². The first-order chi connectivity index (χ1) is 15.0. The summed E-state index contributed by atoms with van der Waals surface area (Å²) in [6, 6.07) is 7.81. The maximum Gasteiger partial charge on any atom is 0.262 e. The zero-order chi connectivity index (χ0) is 22.0. The minimum absolute atomic E-state index is 0.0478. The number of fused-ring (bicyclic) bond motifs is 1. The van der Waals surface area contributed by atoms with Crippen LogP contribution >= 0.6 is 0 Å². The van der Waals surface area contributed by atoms with E-state index in [4.69, 9.17) is 5.26 Å². The Kier molecular flexibility index (Phi) is 5.96. The number of hydrogen-bond acceptors (Lipinski definition) is 5. The van der Waals surface area contributed by atoms with Crippen LogP contribution in [-0.2, 0) is 6.42 Å². The first kappa shape index (κ1) is 20.9. The maximum absolute atomic E-state index is 13.2. The van der Waals surface area contributed by atoms with E-state index in [9.17, 15) is 14.0 Å². The molecule has 2 unspecified atom stereocenters. The number of carbonyl (C=O) groups excluding carboxylic acids is 1. The first-order valence-corrected chi connectivity index (χ1v) is 10.5. The van der Waals surface area contributed by atoms with Crippen molar-refractivity contribution in [2.24, 2.45) is 5.92 Å². The molecule has 0 amide bonds. The fourth-order valence-electron chi connectivity index (χ4n) is 4.38. The molecule has 1 aromatic carbocycles. The number of aromatic amines is 1. The highest BCUT2D eigenvalue weighted by atomic mass is 19.1. The number of aryl methyl sites for hydroxylation is 1. The molecule has 2 N–H and O–H groups in total. The molecule has 1 fully saturated rings. The number of hydrogen-bond donors (Lipinski definition) is 2. The van der Waals surface area contributed by atoms with E-state index in [-0.39, 0.29) is 34.8 Å². The van der Waals surface area contributed by atoms with E-state index in [0.29, 0.717) is 36.0 Å². The Labute approximate surface area is 178 Å². The van der Waals surface area contributed by atoms with Gasteiger partial charge in [-0.1, -0.05) is 0 Å². The van der Waals surface area contributed by atoms with Crippen LogP contribution in [0, 0.1) is 30.0 Å². The summed E-state index contributed by atoms with van der Waals surface area (Å²) in [4.78, 5) is 32.9. The molecule has 0 radical (unpaired) electrons. The average molecular weight is 421 g/mol. The summed E-state index contributed by atoms with van der Waals surface area (Å²) in [5.41, 5.74) is 2.35. The van der Waals surface area contributed by atoms with Crippen LogP contribution in [0.5, 0.6) is 0 Å². The molecule has 3 aromatic rings. The second kappa shape index (κ2) is 8.82. The second-order valence-electron chi connectivity index (χ2n) is 8.09. The standard InChI is InChI=1S/C23H24FN5O2/c1-14-19(23(31)29-13-27-20(12-25)22(29)28-14)9-8-18-11-16(3-2-10-26-18)21(30)15-4-6-17(24)7-5-15/h4-7,13,16,18,26,28H,2-3,8-11H2,1H3. The van der Waals surface area contributed by atoms with Crippen LogP contribution in [0.3, 0.4) is 0 Å². The van der Waals surface area contributed by atoms with Crippen molar-refractivity contribution in [3.8, 4) is 6.07 Å². The van der Waals surface area contributed by atoms with Crippen LogP contribution in [0.25, 0.3) is 5.65 Å². The summed E-state index contributed by atoms with van der Waals surface area (Å²) in [5.74, 6) is -0.431. The van der Waals surface area contributed by atoms with Crippen molar-refractivity contribution in [2.45, 2.75) is 45.1 Å². The molecule has 0 spiro atoms. The molecule has 0 aliphatic carbocycles. The molecule has 160 valence electrons. The minimum Gasteiger partial charge on any atom is -0.342 e. The molecule has 8 heteroatoms.